The van der Waals surface area contributed by atoms with Gasteiger partial charge in [0.1, 0.15) is 5.75 Å². The summed E-state index contributed by atoms with van der Waals surface area (Å²) >= 11 is 0. The Morgan fingerprint density at radius 1 is 1.19 bits per heavy atom. The Balaban J connectivity index is 1.68. The van der Waals surface area contributed by atoms with Crippen LogP contribution in [0.3, 0.4) is 0 Å². The van der Waals surface area contributed by atoms with E-state index < -0.39 is 0 Å². The van der Waals surface area contributed by atoms with E-state index in [-0.39, 0.29) is 11.9 Å². The van der Waals surface area contributed by atoms with Crippen molar-refractivity contribution in [2.45, 2.75) is 26.3 Å². The third-order valence-electron chi connectivity index (χ3n) is 5.04. The summed E-state index contributed by atoms with van der Waals surface area (Å²) < 4.78 is 10.7. The van der Waals surface area contributed by atoms with Gasteiger partial charge in [0.15, 0.2) is 0 Å². The van der Waals surface area contributed by atoms with Crippen LogP contribution in [-0.2, 0) is 4.74 Å². The summed E-state index contributed by atoms with van der Waals surface area (Å²) in [5.41, 5.74) is 3.97. The van der Waals surface area contributed by atoms with E-state index in [1.54, 1.807) is 7.11 Å². The average Bonchev–Trinajstić information content (AvgIpc) is 2.72. The lowest BCUT2D eigenvalue weighted by Gasteiger charge is -2.29. The Labute approximate surface area is 161 Å². The van der Waals surface area contributed by atoms with E-state index in [1.165, 1.54) is 0 Å². The molecular weight excluding hydrogens is 340 g/mol. The van der Waals surface area contributed by atoms with Gasteiger partial charge in [0.05, 0.1) is 26.4 Å². The summed E-state index contributed by atoms with van der Waals surface area (Å²) in [7, 11) is 1.67. The number of carbonyl (C=O) groups excluding carboxylic acids is 1. The first-order chi connectivity index (χ1) is 13.1. The number of benzene rings is 2. The molecule has 5 heteroatoms. The number of ether oxygens (including phenoxy) is 2. The Bertz CT molecular complexity index is 768. The fourth-order valence-electron chi connectivity index (χ4n) is 3.43. The van der Waals surface area contributed by atoms with E-state index in [0.717, 1.165) is 55.3 Å². The molecule has 0 saturated carbocycles. The second kappa shape index (κ2) is 8.91. The highest BCUT2D eigenvalue weighted by atomic mass is 16.5. The molecule has 1 saturated heterocycles. The zero-order chi connectivity index (χ0) is 19.2. The van der Waals surface area contributed by atoms with Crippen molar-refractivity contribution in [2.24, 2.45) is 0 Å². The summed E-state index contributed by atoms with van der Waals surface area (Å²) in [4.78, 5) is 15.0. The summed E-state index contributed by atoms with van der Waals surface area (Å²) in [6.45, 7) is 7.37. The van der Waals surface area contributed by atoms with Gasteiger partial charge in [-0.3, -0.25) is 4.79 Å². The molecule has 0 aliphatic carbocycles. The van der Waals surface area contributed by atoms with Crippen molar-refractivity contribution in [1.29, 1.82) is 0 Å². The molecule has 2 aromatic carbocycles. The van der Waals surface area contributed by atoms with Crippen LogP contribution in [0.2, 0.25) is 0 Å². The largest absolute Gasteiger partial charge is 0.496 e. The van der Waals surface area contributed by atoms with E-state index in [4.69, 9.17) is 9.47 Å². The van der Waals surface area contributed by atoms with E-state index in [2.05, 4.69) is 23.2 Å². The van der Waals surface area contributed by atoms with Gasteiger partial charge in [0.25, 0.3) is 5.91 Å². The number of nitrogens with one attached hydrogen (secondary N) is 1. The molecule has 1 aliphatic rings. The molecule has 1 fully saturated rings. The van der Waals surface area contributed by atoms with Crippen LogP contribution in [0.25, 0.3) is 0 Å². The van der Waals surface area contributed by atoms with Gasteiger partial charge in [-0.15, -0.1) is 0 Å². The van der Waals surface area contributed by atoms with Crippen molar-refractivity contribution in [3.63, 3.8) is 0 Å². The topological polar surface area (TPSA) is 50.8 Å². The standard InChI is InChI=1S/C22H28N2O3/c1-4-20(18-7-10-21(26-3)16(2)15-18)23-22(25)17-5-8-19(9-6-17)24-11-13-27-14-12-24/h5-10,15,20H,4,11-14H2,1-3H3,(H,23,25)/t20-/m1/s1. The van der Waals surface area contributed by atoms with Crippen molar-refractivity contribution >= 4 is 11.6 Å². The monoisotopic (exact) mass is 368 g/mol. The lowest BCUT2D eigenvalue weighted by atomic mass is 10.0. The normalized spacial score (nSPS) is 15.3. The number of amides is 1. The molecule has 0 unspecified atom stereocenters. The van der Waals surface area contributed by atoms with Crippen molar-refractivity contribution in [3.05, 3.63) is 59.2 Å². The van der Waals surface area contributed by atoms with Gasteiger partial charge in [-0.05, 0) is 54.8 Å². The van der Waals surface area contributed by atoms with Gasteiger partial charge >= 0.3 is 0 Å². The molecule has 2 aromatic rings. The minimum atomic E-state index is -0.0520. The summed E-state index contributed by atoms with van der Waals surface area (Å²) in [5.74, 6) is 0.808. The maximum Gasteiger partial charge on any atom is 0.251 e. The van der Waals surface area contributed by atoms with Gasteiger partial charge in [0.2, 0.25) is 0 Å². The highest BCUT2D eigenvalue weighted by Crippen LogP contribution is 2.25. The van der Waals surface area contributed by atoms with Crippen LogP contribution < -0.4 is 15.0 Å². The molecule has 144 valence electrons. The van der Waals surface area contributed by atoms with Crippen LogP contribution in [0.4, 0.5) is 5.69 Å². The molecule has 3 rings (SSSR count). The molecule has 0 spiro atoms. The Morgan fingerprint density at radius 2 is 1.89 bits per heavy atom. The Kier molecular flexibility index (Phi) is 6.35. The molecule has 0 aromatic heterocycles. The minimum Gasteiger partial charge on any atom is -0.496 e. The van der Waals surface area contributed by atoms with Gasteiger partial charge in [-0.25, -0.2) is 0 Å². The number of anilines is 1. The molecular formula is C22H28N2O3. The van der Waals surface area contributed by atoms with Crippen LogP contribution in [-0.4, -0.2) is 39.3 Å². The number of nitrogens with zero attached hydrogens (tertiary/aromatic N) is 1. The molecule has 5 nitrogen and oxygen atoms in total. The third-order valence-corrected chi connectivity index (χ3v) is 5.04. The highest BCUT2D eigenvalue weighted by Gasteiger charge is 2.16. The fourth-order valence-corrected chi connectivity index (χ4v) is 3.43. The molecule has 27 heavy (non-hydrogen) atoms. The zero-order valence-electron chi connectivity index (χ0n) is 16.3. The Hall–Kier alpha value is -2.53. The van der Waals surface area contributed by atoms with Crippen LogP contribution in [0, 0.1) is 6.92 Å². The first-order valence-corrected chi connectivity index (χ1v) is 9.50. The van der Waals surface area contributed by atoms with Gasteiger partial charge in [0, 0.05) is 24.3 Å². The maximum atomic E-state index is 12.7. The lowest BCUT2D eigenvalue weighted by Crippen LogP contribution is -2.36. The Morgan fingerprint density at radius 3 is 2.48 bits per heavy atom. The molecule has 1 amide bonds. The molecule has 0 bridgehead atoms. The number of aryl methyl sites for hydroxylation is 1. The van der Waals surface area contributed by atoms with Gasteiger partial charge in [-0.2, -0.15) is 0 Å². The van der Waals surface area contributed by atoms with Crippen LogP contribution in [0.1, 0.15) is 40.9 Å². The predicted octanol–water partition coefficient (Wildman–Crippen LogP) is 3.72. The average molecular weight is 368 g/mol. The smallest absolute Gasteiger partial charge is 0.251 e. The zero-order valence-corrected chi connectivity index (χ0v) is 16.3. The summed E-state index contributed by atoms with van der Waals surface area (Å²) in [5, 5.41) is 3.15. The lowest BCUT2D eigenvalue weighted by molar-refractivity contribution is 0.0935. The first kappa shape index (κ1) is 19.2. The highest BCUT2D eigenvalue weighted by molar-refractivity contribution is 5.94. The van der Waals surface area contributed by atoms with E-state index in [1.807, 2.05) is 43.3 Å². The minimum absolute atomic E-state index is 0.0268. The number of morpholine rings is 1. The maximum absolute atomic E-state index is 12.7. The number of hydrogen-bond donors (Lipinski definition) is 1. The molecule has 1 atom stereocenters. The van der Waals surface area contributed by atoms with Crippen LogP contribution in [0.5, 0.6) is 5.75 Å². The number of methoxy groups -OCH3 is 1. The summed E-state index contributed by atoms with van der Waals surface area (Å²) in [6, 6.07) is 13.8. The predicted molar refractivity (Wildman–Crippen MR) is 108 cm³/mol. The van der Waals surface area contributed by atoms with Crippen molar-refractivity contribution in [3.8, 4) is 5.75 Å². The third kappa shape index (κ3) is 4.61. The van der Waals surface area contributed by atoms with Crippen LogP contribution >= 0.6 is 0 Å². The van der Waals surface area contributed by atoms with Gasteiger partial charge in [-0.1, -0.05) is 19.1 Å². The van der Waals surface area contributed by atoms with Crippen molar-refractivity contribution < 1.29 is 14.3 Å². The quantitative estimate of drug-likeness (QED) is 0.844. The second-order valence-electron chi connectivity index (χ2n) is 6.81. The van der Waals surface area contributed by atoms with E-state index >= 15 is 0 Å². The summed E-state index contributed by atoms with van der Waals surface area (Å²) in [6.07, 6.45) is 0.823. The number of carbonyl (C=O) groups is 1. The van der Waals surface area contributed by atoms with Crippen LogP contribution in [0.15, 0.2) is 42.5 Å². The van der Waals surface area contributed by atoms with Crippen molar-refractivity contribution in [2.75, 3.05) is 38.3 Å². The van der Waals surface area contributed by atoms with Crippen molar-refractivity contribution in [1.82, 2.24) is 5.32 Å². The number of rotatable bonds is 6. The molecule has 1 aliphatic heterocycles. The molecule has 1 heterocycles. The van der Waals surface area contributed by atoms with E-state index in [9.17, 15) is 4.79 Å². The van der Waals surface area contributed by atoms with E-state index in [0.29, 0.717) is 5.56 Å². The molecule has 0 radical (unpaired) electrons. The second-order valence-corrected chi connectivity index (χ2v) is 6.81. The molecule has 1 N–H and O–H groups in total. The van der Waals surface area contributed by atoms with Gasteiger partial charge < -0.3 is 19.7 Å². The first-order valence-electron chi connectivity index (χ1n) is 9.50. The number of hydrogen-bond acceptors (Lipinski definition) is 4. The fraction of sp³-hybridized carbons (Fsp3) is 0.409. The SMILES string of the molecule is CC[C@@H](NC(=O)c1ccc(N2CCOCC2)cc1)c1ccc(OC)c(C)c1.